The zero-order valence-electron chi connectivity index (χ0n) is 14.3. The molecular weight excluding hydrogens is 330 g/mol. The molecule has 4 rings (SSSR count). The van der Waals surface area contributed by atoms with E-state index >= 15 is 0 Å². The molecule has 26 heavy (non-hydrogen) atoms. The van der Waals surface area contributed by atoms with Crippen molar-refractivity contribution in [2.75, 3.05) is 0 Å². The molecule has 130 valence electrons. The van der Waals surface area contributed by atoms with E-state index in [4.69, 9.17) is 0 Å². The van der Waals surface area contributed by atoms with Crippen LogP contribution in [0.2, 0.25) is 0 Å². The van der Waals surface area contributed by atoms with Gasteiger partial charge >= 0.3 is 5.69 Å². The van der Waals surface area contributed by atoms with Gasteiger partial charge in [0.1, 0.15) is 5.69 Å². The van der Waals surface area contributed by atoms with Crippen molar-refractivity contribution in [1.82, 2.24) is 14.5 Å². The summed E-state index contributed by atoms with van der Waals surface area (Å²) in [5.41, 5.74) is 0.831. The Bertz CT molecular complexity index is 1200. The van der Waals surface area contributed by atoms with Crippen LogP contribution in [0.25, 0.3) is 10.8 Å². The average Bonchev–Trinajstić information content (AvgIpc) is 2.63. The third kappa shape index (κ3) is 2.38. The van der Waals surface area contributed by atoms with E-state index in [0.29, 0.717) is 11.3 Å². The first-order valence-corrected chi connectivity index (χ1v) is 8.26. The highest BCUT2D eigenvalue weighted by Gasteiger charge is 2.28. The number of carbonyl (C=O) groups excluding carboxylic acids is 1. The van der Waals surface area contributed by atoms with E-state index in [1.165, 1.54) is 11.6 Å². The predicted molar refractivity (Wildman–Crippen MR) is 99.3 cm³/mol. The molecule has 2 heterocycles. The van der Waals surface area contributed by atoms with Crippen LogP contribution in [0.5, 0.6) is 0 Å². The van der Waals surface area contributed by atoms with Crippen LogP contribution in [0.3, 0.4) is 0 Å². The van der Waals surface area contributed by atoms with Crippen molar-refractivity contribution in [2.45, 2.75) is 13.0 Å². The van der Waals surface area contributed by atoms with E-state index in [2.05, 4.69) is 11.9 Å². The zero-order chi connectivity index (χ0) is 18.4. The molecule has 1 aliphatic heterocycles. The van der Waals surface area contributed by atoms with Crippen molar-refractivity contribution in [1.29, 1.82) is 0 Å². The largest absolute Gasteiger partial charge is 0.331 e. The summed E-state index contributed by atoms with van der Waals surface area (Å²) in [5.74, 6) is -0.466. The van der Waals surface area contributed by atoms with Crippen LogP contribution in [-0.2, 0) is 20.0 Å². The Morgan fingerprint density at radius 3 is 2.62 bits per heavy atom. The maximum atomic E-state index is 12.8. The maximum absolute atomic E-state index is 12.8. The predicted octanol–water partition coefficient (Wildman–Crippen LogP) is 1.55. The molecule has 2 aromatic carbocycles. The molecule has 1 N–H and O–H groups in total. The second-order valence-corrected chi connectivity index (χ2v) is 6.43. The molecule has 0 bridgehead atoms. The molecule has 0 aliphatic carbocycles. The van der Waals surface area contributed by atoms with Gasteiger partial charge in [0.05, 0.1) is 12.1 Å². The number of nitrogens with zero attached hydrogens (tertiary/aromatic N) is 2. The van der Waals surface area contributed by atoms with Gasteiger partial charge in [-0.3, -0.25) is 18.7 Å². The quantitative estimate of drug-likeness (QED) is 0.764. The highest BCUT2D eigenvalue weighted by Crippen LogP contribution is 2.21. The van der Waals surface area contributed by atoms with E-state index in [1.54, 1.807) is 0 Å². The van der Waals surface area contributed by atoms with Crippen LogP contribution in [0.15, 0.2) is 64.3 Å². The lowest BCUT2D eigenvalue weighted by Gasteiger charge is -2.23. The van der Waals surface area contributed by atoms with Crippen LogP contribution < -0.4 is 16.6 Å². The average molecular weight is 347 g/mol. The molecule has 0 unspecified atom stereocenters. The van der Waals surface area contributed by atoms with Gasteiger partial charge in [0.15, 0.2) is 0 Å². The molecule has 1 amide bonds. The molecule has 1 aromatic heterocycles. The van der Waals surface area contributed by atoms with Gasteiger partial charge in [0.2, 0.25) is 0 Å². The molecule has 0 spiro atoms. The molecule has 0 fully saturated rings. The van der Waals surface area contributed by atoms with Crippen molar-refractivity contribution in [3.8, 4) is 0 Å². The number of carbonyl (C=O) groups is 1. The minimum atomic E-state index is -0.510. The molecule has 0 saturated heterocycles. The normalized spacial score (nSPS) is 13.6. The van der Waals surface area contributed by atoms with Crippen LogP contribution in [0, 0.1) is 0 Å². The van der Waals surface area contributed by atoms with E-state index in [-0.39, 0.29) is 18.7 Å². The molecule has 3 aromatic rings. The van der Waals surface area contributed by atoms with E-state index in [0.717, 1.165) is 20.9 Å². The summed E-state index contributed by atoms with van der Waals surface area (Å²) in [5, 5.41) is 4.69. The van der Waals surface area contributed by atoms with Gasteiger partial charge in [0.25, 0.3) is 11.5 Å². The molecular formula is C20H17N3O3. The molecule has 0 radical (unpaired) electrons. The number of benzene rings is 2. The highest BCUT2D eigenvalue weighted by molar-refractivity contribution is 5.96. The molecule has 6 heteroatoms. The van der Waals surface area contributed by atoms with Gasteiger partial charge in [-0.05, 0) is 16.3 Å². The lowest BCUT2D eigenvalue weighted by molar-refractivity contribution is 0.0947. The molecule has 0 saturated carbocycles. The Morgan fingerprint density at radius 2 is 1.81 bits per heavy atom. The summed E-state index contributed by atoms with van der Waals surface area (Å²) in [7, 11) is 1.43. The minimum absolute atomic E-state index is 0.124. The van der Waals surface area contributed by atoms with Gasteiger partial charge in [-0.2, -0.15) is 0 Å². The first-order chi connectivity index (χ1) is 12.5. The standard InChI is InChI=1S/C20H17N3O3/c1-12-10-16-17(18(24)21-12)23(20(26)22(2)19(16)25)11-14-8-5-7-13-6-3-4-9-15(13)14/h3-9H,1,10-11H2,2H3,(H,21,24). The smallest absolute Gasteiger partial charge is 0.325 e. The second-order valence-electron chi connectivity index (χ2n) is 6.43. The Balaban J connectivity index is 1.98. The van der Waals surface area contributed by atoms with Gasteiger partial charge < -0.3 is 5.32 Å². The van der Waals surface area contributed by atoms with Crippen LogP contribution in [0.1, 0.15) is 21.6 Å². The van der Waals surface area contributed by atoms with E-state index in [9.17, 15) is 14.4 Å². The van der Waals surface area contributed by atoms with Crippen molar-refractivity contribution in [2.24, 2.45) is 7.05 Å². The fourth-order valence-corrected chi connectivity index (χ4v) is 3.47. The van der Waals surface area contributed by atoms with E-state index in [1.807, 2.05) is 42.5 Å². The summed E-state index contributed by atoms with van der Waals surface area (Å²) in [4.78, 5) is 37.7. The third-order valence-corrected chi connectivity index (χ3v) is 4.74. The maximum Gasteiger partial charge on any atom is 0.331 e. The van der Waals surface area contributed by atoms with Gasteiger partial charge in [-0.15, -0.1) is 0 Å². The molecule has 1 aliphatic rings. The summed E-state index contributed by atoms with van der Waals surface area (Å²) in [6, 6.07) is 13.7. The Kier molecular flexibility index (Phi) is 3.61. The van der Waals surface area contributed by atoms with E-state index < -0.39 is 17.2 Å². The summed E-state index contributed by atoms with van der Waals surface area (Å²) >= 11 is 0. The third-order valence-electron chi connectivity index (χ3n) is 4.74. The first kappa shape index (κ1) is 16.1. The number of fused-ring (bicyclic) bond motifs is 2. The Hall–Kier alpha value is -3.41. The van der Waals surface area contributed by atoms with Crippen molar-refractivity contribution >= 4 is 16.7 Å². The SMILES string of the molecule is C=C1Cc2c(n(Cc3cccc4ccccc34)c(=O)n(C)c2=O)C(=O)N1. The lowest BCUT2D eigenvalue weighted by atomic mass is 10.0. The number of allylic oxidation sites excluding steroid dienone is 1. The second kappa shape index (κ2) is 5.84. The monoisotopic (exact) mass is 347 g/mol. The van der Waals surface area contributed by atoms with Crippen LogP contribution in [0.4, 0.5) is 0 Å². The summed E-state index contributed by atoms with van der Waals surface area (Å²) in [6.45, 7) is 3.95. The fourth-order valence-electron chi connectivity index (χ4n) is 3.47. The summed E-state index contributed by atoms with van der Waals surface area (Å²) < 4.78 is 2.43. The molecule has 0 atom stereocenters. The number of hydrogen-bond acceptors (Lipinski definition) is 3. The topological polar surface area (TPSA) is 73.1 Å². The first-order valence-electron chi connectivity index (χ1n) is 8.26. The van der Waals surface area contributed by atoms with Crippen LogP contribution >= 0.6 is 0 Å². The number of hydrogen-bond donors (Lipinski definition) is 1. The number of rotatable bonds is 2. The van der Waals surface area contributed by atoms with Gasteiger partial charge in [0, 0.05) is 19.2 Å². The van der Waals surface area contributed by atoms with Crippen molar-refractivity contribution in [3.05, 3.63) is 92.4 Å². The Labute approximate surface area is 149 Å². The molecule has 6 nitrogen and oxygen atoms in total. The zero-order valence-corrected chi connectivity index (χ0v) is 14.3. The van der Waals surface area contributed by atoms with Gasteiger partial charge in [-0.1, -0.05) is 49.0 Å². The number of amides is 1. The fraction of sp³-hybridized carbons (Fsp3) is 0.150. The minimum Gasteiger partial charge on any atom is -0.325 e. The summed E-state index contributed by atoms with van der Waals surface area (Å²) in [6.07, 6.45) is 0.226. The lowest BCUT2D eigenvalue weighted by Crippen LogP contribution is -2.47. The Morgan fingerprint density at radius 1 is 1.08 bits per heavy atom. The number of nitrogens with one attached hydrogen (secondary N) is 1. The highest BCUT2D eigenvalue weighted by atomic mass is 16.2. The van der Waals surface area contributed by atoms with Gasteiger partial charge in [-0.25, -0.2) is 4.79 Å². The van der Waals surface area contributed by atoms with Crippen molar-refractivity contribution < 1.29 is 4.79 Å². The van der Waals surface area contributed by atoms with Crippen molar-refractivity contribution in [3.63, 3.8) is 0 Å². The number of aromatic nitrogens is 2. The van der Waals surface area contributed by atoms with Crippen LogP contribution in [-0.4, -0.2) is 15.0 Å².